The minimum atomic E-state index is -0.433. The van der Waals surface area contributed by atoms with Crippen molar-refractivity contribution in [2.24, 2.45) is 0 Å². The van der Waals surface area contributed by atoms with Crippen LogP contribution in [0, 0.1) is 10.1 Å². The third-order valence-electron chi connectivity index (χ3n) is 2.99. The molecule has 0 radical (unpaired) electrons. The molecule has 5 nitrogen and oxygen atoms in total. The summed E-state index contributed by atoms with van der Waals surface area (Å²) in [4.78, 5) is 12.5. The van der Waals surface area contributed by atoms with E-state index in [0.29, 0.717) is 17.4 Å². The van der Waals surface area contributed by atoms with E-state index < -0.39 is 4.92 Å². The van der Waals surface area contributed by atoms with Crippen LogP contribution in [0.2, 0.25) is 0 Å². The van der Waals surface area contributed by atoms with E-state index >= 15 is 0 Å². The van der Waals surface area contributed by atoms with Crippen molar-refractivity contribution in [3.8, 4) is 5.75 Å². The van der Waals surface area contributed by atoms with Gasteiger partial charge in [0.2, 0.25) is 0 Å². The predicted molar refractivity (Wildman–Crippen MR) is 72.0 cm³/mol. The molecule has 1 aromatic carbocycles. The van der Waals surface area contributed by atoms with E-state index in [1.807, 2.05) is 11.8 Å². The van der Waals surface area contributed by atoms with Crippen LogP contribution >= 0.6 is 11.8 Å². The van der Waals surface area contributed by atoms with Gasteiger partial charge in [0.05, 0.1) is 4.92 Å². The quantitative estimate of drug-likeness (QED) is 0.672. The summed E-state index contributed by atoms with van der Waals surface area (Å²) in [5, 5.41) is 21.0. The van der Waals surface area contributed by atoms with E-state index in [1.165, 1.54) is 18.2 Å². The Kier molecular flexibility index (Phi) is 4.08. The molecule has 0 amide bonds. The summed E-state index contributed by atoms with van der Waals surface area (Å²) < 4.78 is 0. The second kappa shape index (κ2) is 5.58. The summed E-state index contributed by atoms with van der Waals surface area (Å²) in [6.45, 7) is 4.65. The van der Waals surface area contributed by atoms with E-state index in [2.05, 4.69) is 11.8 Å². The number of hydrogen-bond donors (Lipinski definition) is 1. The van der Waals surface area contributed by atoms with Gasteiger partial charge >= 0.3 is 0 Å². The molecule has 0 unspecified atom stereocenters. The maximum atomic E-state index is 10.7. The van der Waals surface area contributed by atoms with Crippen LogP contribution in [0.25, 0.3) is 0 Å². The van der Waals surface area contributed by atoms with Gasteiger partial charge in [-0.15, -0.1) is 0 Å². The molecular formula is C12H16N2O3S. The van der Waals surface area contributed by atoms with E-state index in [9.17, 15) is 15.2 Å². The molecule has 1 aromatic rings. The lowest BCUT2D eigenvalue weighted by atomic mass is 10.1. The van der Waals surface area contributed by atoms with Crippen LogP contribution in [0.1, 0.15) is 12.5 Å². The average molecular weight is 268 g/mol. The topological polar surface area (TPSA) is 66.6 Å². The predicted octanol–water partition coefficient (Wildman–Crippen LogP) is 2.24. The van der Waals surface area contributed by atoms with Gasteiger partial charge in [-0.2, -0.15) is 11.8 Å². The molecule has 1 aliphatic heterocycles. The average Bonchev–Trinajstić information content (AvgIpc) is 2.31. The Morgan fingerprint density at radius 2 is 2.39 bits per heavy atom. The lowest BCUT2D eigenvalue weighted by Crippen LogP contribution is -2.36. The number of phenolic OH excluding ortho intramolecular Hbond substituents is 1. The van der Waals surface area contributed by atoms with Crippen molar-refractivity contribution < 1.29 is 10.0 Å². The zero-order chi connectivity index (χ0) is 13.1. The van der Waals surface area contributed by atoms with Crippen LogP contribution in [-0.4, -0.2) is 39.0 Å². The van der Waals surface area contributed by atoms with Gasteiger partial charge in [-0.3, -0.25) is 15.0 Å². The van der Waals surface area contributed by atoms with Gasteiger partial charge < -0.3 is 5.11 Å². The highest BCUT2D eigenvalue weighted by Gasteiger charge is 2.19. The summed E-state index contributed by atoms with van der Waals surface area (Å²) in [6, 6.07) is 4.19. The Bertz CT molecular complexity index is 453. The molecule has 18 heavy (non-hydrogen) atoms. The molecule has 0 aromatic heterocycles. The van der Waals surface area contributed by atoms with Crippen LogP contribution in [-0.2, 0) is 6.54 Å². The van der Waals surface area contributed by atoms with Crippen LogP contribution in [0.5, 0.6) is 5.75 Å². The van der Waals surface area contributed by atoms with Crippen LogP contribution in [0.15, 0.2) is 18.2 Å². The van der Waals surface area contributed by atoms with E-state index in [4.69, 9.17) is 0 Å². The second-order valence-electron chi connectivity index (χ2n) is 4.49. The number of nitro groups is 1. The van der Waals surface area contributed by atoms with Gasteiger partial charge in [0.25, 0.3) is 5.69 Å². The second-order valence-corrected chi connectivity index (χ2v) is 6.03. The van der Waals surface area contributed by atoms with E-state index in [1.54, 1.807) is 0 Å². The zero-order valence-corrected chi connectivity index (χ0v) is 11.0. The Morgan fingerprint density at radius 1 is 1.61 bits per heavy atom. The molecule has 0 bridgehead atoms. The van der Waals surface area contributed by atoms with Crippen molar-refractivity contribution in [1.82, 2.24) is 4.90 Å². The maximum absolute atomic E-state index is 10.7. The first-order chi connectivity index (χ1) is 8.56. The normalized spacial score (nSPS) is 20.8. The van der Waals surface area contributed by atoms with Gasteiger partial charge in [0, 0.05) is 48.3 Å². The molecule has 0 saturated carbocycles. The van der Waals surface area contributed by atoms with Crippen LogP contribution in [0.4, 0.5) is 5.69 Å². The summed E-state index contributed by atoms with van der Waals surface area (Å²) >= 11 is 1.93. The number of aromatic hydroxyl groups is 1. The third kappa shape index (κ3) is 3.14. The summed E-state index contributed by atoms with van der Waals surface area (Å²) in [5.74, 6) is 1.20. The van der Waals surface area contributed by atoms with Gasteiger partial charge in [-0.05, 0) is 6.07 Å². The van der Waals surface area contributed by atoms with Crippen molar-refractivity contribution in [2.75, 3.05) is 18.8 Å². The van der Waals surface area contributed by atoms with E-state index in [-0.39, 0.29) is 11.4 Å². The number of rotatable bonds is 3. The molecule has 0 spiro atoms. The molecular weight excluding hydrogens is 252 g/mol. The summed E-state index contributed by atoms with van der Waals surface area (Å²) in [5.41, 5.74) is 0.658. The number of non-ortho nitro benzene ring substituents is 1. The lowest BCUT2D eigenvalue weighted by molar-refractivity contribution is -0.385. The third-order valence-corrected chi connectivity index (χ3v) is 4.13. The molecule has 0 aliphatic carbocycles. The standard InChI is InChI=1S/C12H16N2O3S/c1-9-7-13(4-5-18-9)8-10-6-11(14(16)17)2-3-12(10)15/h2-3,6,9,15H,4-5,7-8H2,1H3/t9-/m0/s1. The number of phenols is 1. The van der Waals surface area contributed by atoms with Gasteiger partial charge in [0.1, 0.15) is 5.75 Å². The molecule has 1 N–H and O–H groups in total. The summed E-state index contributed by atoms with van der Waals surface area (Å²) in [6.07, 6.45) is 0. The molecule has 6 heteroatoms. The van der Waals surface area contributed by atoms with Crippen molar-refractivity contribution in [3.05, 3.63) is 33.9 Å². The van der Waals surface area contributed by atoms with Gasteiger partial charge in [0.15, 0.2) is 0 Å². The molecule has 1 aliphatic rings. The monoisotopic (exact) mass is 268 g/mol. The Labute approximate surface area is 110 Å². The lowest BCUT2D eigenvalue weighted by Gasteiger charge is -2.30. The van der Waals surface area contributed by atoms with Crippen molar-refractivity contribution in [2.45, 2.75) is 18.7 Å². The number of nitro benzene ring substituents is 1. The molecule has 1 atom stereocenters. The molecule has 1 heterocycles. The number of nitrogens with zero attached hydrogens (tertiary/aromatic N) is 2. The minimum Gasteiger partial charge on any atom is -0.508 e. The molecule has 1 fully saturated rings. The fraction of sp³-hybridized carbons (Fsp3) is 0.500. The molecule has 98 valence electrons. The van der Waals surface area contributed by atoms with Crippen molar-refractivity contribution >= 4 is 17.4 Å². The van der Waals surface area contributed by atoms with Gasteiger partial charge in [-0.1, -0.05) is 6.92 Å². The first-order valence-corrected chi connectivity index (χ1v) is 6.91. The highest BCUT2D eigenvalue weighted by Crippen LogP contribution is 2.26. The Hall–Kier alpha value is -1.27. The molecule has 1 saturated heterocycles. The van der Waals surface area contributed by atoms with Crippen molar-refractivity contribution in [1.29, 1.82) is 0 Å². The van der Waals surface area contributed by atoms with Crippen LogP contribution in [0.3, 0.4) is 0 Å². The first kappa shape index (κ1) is 13.2. The Balaban J connectivity index is 2.12. The van der Waals surface area contributed by atoms with E-state index in [0.717, 1.165) is 18.8 Å². The highest BCUT2D eigenvalue weighted by atomic mass is 32.2. The SMILES string of the molecule is C[C@H]1CN(Cc2cc([N+](=O)[O-])ccc2O)CCS1. The first-order valence-electron chi connectivity index (χ1n) is 5.86. The summed E-state index contributed by atoms with van der Waals surface area (Å²) in [7, 11) is 0. The highest BCUT2D eigenvalue weighted by molar-refractivity contribution is 7.99. The number of benzene rings is 1. The fourth-order valence-electron chi connectivity index (χ4n) is 2.09. The zero-order valence-electron chi connectivity index (χ0n) is 10.2. The minimum absolute atomic E-state index is 0.0298. The number of thioether (sulfide) groups is 1. The Morgan fingerprint density at radius 3 is 3.06 bits per heavy atom. The molecule has 2 rings (SSSR count). The van der Waals surface area contributed by atoms with Gasteiger partial charge in [-0.25, -0.2) is 0 Å². The smallest absolute Gasteiger partial charge is 0.270 e. The van der Waals surface area contributed by atoms with Crippen molar-refractivity contribution in [3.63, 3.8) is 0 Å². The maximum Gasteiger partial charge on any atom is 0.270 e. The van der Waals surface area contributed by atoms with Crippen LogP contribution < -0.4 is 0 Å². The number of hydrogen-bond acceptors (Lipinski definition) is 5. The fourth-order valence-corrected chi connectivity index (χ4v) is 3.17. The largest absolute Gasteiger partial charge is 0.508 e.